The van der Waals surface area contributed by atoms with Gasteiger partial charge < -0.3 is 19.0 Å². The molecule has 172 valence electrons. The zero-order valence-electron chi connectivity index (χ0n) is 19.3. The van der Waals surface area contributed by atoms with Gasteiger partial charge in [-0.3, -0.25) is 4.90 Å². The summed E-state index contributed by atoms with van der Waals surface area (Å²) in [5, 5.41) is 0. The highest BCUT2D eigenvalue weighted by Gasteiger charge is 2.33. The van der Waals surface area contributed by atoms with E-state index in [0.717, 1.165) is 66.1 Å². The molecule has 4 rings (SSSR count). The van der Waals surface area contributed by atoms with E-state index in [4.69, 9.17) is 14.2 Å². The molecule has 0 aromatic heterocycles. The summed E-state index contributed by atoms with van der Waals surface area (Å²) in [7, 11) is 3.36. The minimum Gasteiger partial charge on any atom is -0.496 e. The van der Waals surface area contributed by atoms with Gasteiger partial charge in [0.1, 0.15) is 29.3 Å². The van der Waals surface area contributed by atoms with Gasteiger partial charge in [-0.1, -0.05) is 49.2 Å². The quantitative estimate of drug-likeness (QED) is 0.388. The van der Waals surface area contributed by atoms with E-state index in [1.165, 1.54) is 0 Å². The van der Waals surface area contributed by atoms with E-state index in [9.17, 15) is 4.79 Å². The molecule has 33 heavy (non-hydrogen) atoms. The molecule has 1 aliphatic heterocycles. The molecule has 0 aliphatic carbocycles. The minimum absolute atomic E-state index is 0.00694. The second-order valence-corrected chi connectivity index (χ2v) is 8.31. The van der Waals surface area contributed by atoms with Crippen LogP contribution in [0, 0.1) is 0 Å². The van der Waals surface area contributed by atoms with Crippen molar-refractivity contribution in [3.8, 4) is 23.0 Å². The van der Waals surface area contributed by atoms with Crippen molar-refractivity contribution in [2.75, 3.05) is 14.2 Å². The van der Waals surface area contributed by atoms with Gasteiger partial charge in [-0.2, -0.15) is 0 Å². The number of ether oxygens (including phenoxy) is 3. The molecule has 0 bridgehead atoms. The molecule has 1 aliphatic rings. The number of hydrogen-bond acceptors (Lipinski definition) is 5. The van der Waals surface area contributed by atoms with Crippen molar-refractivity contribution in [2.45, 2.75) is 44.3 Å². The molecule has 0 N–H and O–H groups in total. The Kier molecular flexibility index (Phi) is 7.63. The monoisotopic (exact) mass is 445 g/mol. The van der Waals surface area contributed by atoms with Crippen LogP contribution in [0.5, 0.6) is 23.0 Å². The van der Waals surface area contributed by atoms with Gasteiger partial charge in [-0.25, -0.2) is 0 Å². The fourth-order valence-electron chi connectivity index (χ4n) is 4.69. The maximum absolute atomic E-state index is 12.2. The van der Waals surface area contributed by atoms with Crippen molar-refractivity contribution < 1.29 is 19.0 Å². The van der Waals surface area contributed by atoms with Crippen LogP contribution in [0.1, 0.15) is 42.9 Å². The van der Waals surface area contributed by atoms with Crippen LogP contribution in [0.3, 0.4) is 0 Å². The smallest absolute Gasteiger partial charge is 0.137 e. The molecule has 0 saturated carbocycles. The minimum atomic E-state index is -0.175. The van der Waals surface area contributed by atoms with E-state index in [-0.39, 0.29) is 12.1 Å². The lowest BCUT2D eigenvalue weighted by atomic mass is 9.97. The Hall–Kier alpha value is -3.31. The normalized spacial score (nSPS) is 18.8. The van der Waals surface area contributed by atoms with Crippen molar-refractivity contribution in [1.82, 2.24) is 4.90 Å². The first-order valence-corrected chi connectivity index (χ1v) is 11.5. The topological polar surface area (TPSA) is 48.0 Å². The Labute approximate surface area is 195 Å². The lowest BCUT2D eigenvalue weighted by molar-refractivity contribution is -0.113. The fourth-order valence-corrected chi connectivity index (χ4v) is 4.69. The van der Waals surface area contributed by atoms with Crippen molar-refractivity contribution in [1.29, 1.82) is 0 Å². The molecule has 2 atom stereocenters. The summed E-state index contributed by atoms with van der Waals surface area (Å²) < 4.78 is 17.5. The third-order valence-electron chi connectivity index (χ3n) is 6.25. The van der Waals surface area contributed by atoms with Gasteiger partial charge in [0.15, 0.2) is 0 Å². The van der Waals surface area contributed by atoms with E-state index in [1.807, 2.05) is 60.7 Å². The summed E-state index contributed by atoms with van der Waals surface area (Å²) in [6, 6.07) is 23.5. The SMILES string of the molecule is COc1cccc(OC)c1C1CCCCC(C=O)N1Cc1cccc(Oc2ccccc2)c1. The summed E-state index contributed by atoms with van der Waals surface area (Å²) in [6.45, 7) is 0.626. The number of carbonyl (C=O) groups excluding carboxylic acids is 1. The van der Waals surface area contributed by atoms with E-state index in [1.54, 1.807) is 14.2 Å². The van der Waals surface area contributed by atoms with Crippen molar-refractivity contribution in [3.63, 3.8) is 0 Å². The third-order valence-corrected chi connectivity index (χ3v) is 6.25. The first-order chi connectivity index (χ1) is 16.2. The number of hydrogen-bond donors (Lipinski definition) is 0. The van der Waals surface area contributed by atoms with Crippen molar-refractivity contribution in [3.05, 3.63) is 83.9 Å². The first-order valence-electron chi connectivity index (χ1n) is 11.5. The number of rotatable bonds is 8. The molecule has 0 spiro atoms. The molecule has 1 heterocycles. The third kappa shape index (κ3) is 5.37. The Morgan fingerprint density at radius 1 is 0.848 bits per heavy atom. The summed E-state index contributed by atoms with van der Waals surface area (Å²) in [4.78, 5) is 14.5. The maximum atomic E-state index is 12.2. The van der Waals surface area contributed by atoms with Crippen LogP contribution in [-0.4, -0.2) is 31.4 Å². The highest BCUT2D eigenvalue weighted by Crippen LogP contribution is 2.43. The van der Waals surface area contributed by atoms with Crippen LogP contribution < -0.4 is 14.2 Å². The Bertz CT molecular complexity index is 1030. The predicted octanol–water partition coefficient (Wildman–Crippen LogP) is 6.18. The molecule has 1 saturated heterocycles. The van der Waals surface area contributed by atoms with Gasteiger partial charge in [0.05, 0.1) is 25.8 Å². The number of aldehydes is 1. The molecular weight excluding hydrogens is 414 g/mol. The van der Waals surface area contributed by atoms with E-state index < -0.39 is 0 Å². The zero-order chi connectivity index (χ0) is 23.0. The van der Waals surface area contributed by atoms with Gasteiger partial charge in [0.25, 0.3) is 0 Å². The van der Waals surface area contributed by atoms with Gasteiger partial charge in [-0.05, 0) is 54.8 Å². The summed E-state index contributed by atoms with van der Waals surface area (Å²) in [6.07, 6.45) is 4.93. The Balaban J connectivity index is 1.67. The second-order valence-electron chi connectivity index (χ2n) is 8.31. The molecule has 1 fully saturated rings. The van der Waals surface area contributed by atoms with Gasteiger partial charge >= 0.3 is 0 Å². The standard InChI is InChI=1S/C28H31NO4/c1-31-26-16-9-17-27(32-2)28(26)25-15-7-6-11-22(20-30)29(25)19-21-10-8-14-24(18-21)33-23-12-4-3-5-13-23/h3-5,8-10,12-14,16-18,20,22,25H,6-7,11,15,19H2,1-2H3. The average Bonchev–Trinajstić information content (AvgIpc) is 3.06. The van der Waals surface area contributed by atoms with Crippen LogP contribution in [0.2, 0.25) is 0 Å². The van der Waals surface area contributed by atoms with Crippen LogP contribution in [0.15, 0.2) is 72.8 Å². The number of nitrogens with zero attached hydrogens (tertiary/aromatic N) is 1. The highest BCUT2D eigenvalue weighted by molar-refractivity contribution is 5.58. The molecule has 5 nitrogen and oxygen atoms in total. The molecule has 3 aromatic carbocycles. The Morgan fingerprint density at radius 2 is 1.52 bits per heavy atom. The molecule has 0 radical (unpaired) electrons. The van der Waals surface area contributed by atoms with Crippen molar-refractivity contribution >= 4 is 6.29 Å². The largest absolute Gasteiger partial charge is 0.496 e. The first kappa shape index (κ1) is 22.9. The molecular formula is C28H31NO4. The average molecular weight is 446 g/mol. The van der Waals surface area contributed by atoms with Crippen LogP contribution in [0.25, 0.3) is 0 Å². The van der Waals surface area contributed by atoms with E-state index >= 15 is 0 Å². The summed E-state index contributed by atoms with van der Waals surface area (Å²) in [5.74, 6) is 3.16. The number of carbonyl (C=O) groups is 1. The zero-order valence-corrected chi connectivity index (χ0v) is 19.3. The number of para-hydroxylation sites is 1. The van der Waals surface area contributed by atoms with E-state index in [2.05, 4.69) is 17.0 Å². The Morgan fingerprint density at radius 3 is 2.21 bits per heavy atom. The lowest BCUT2D eigenvalue weighted by Crippen LogP contribution is -2.38. The number of methoxy groups -OCH3 is 2. The second kappa shape index (κ2) is 11.0. The van der Waals surface area contributed by atoms with Crippen LogP contribution in [-0.2, 0) is 11.3 Å². The highest BCUT2D eigenvalue weighted by atomic mass is 16.5. The molecule has 0 amide bonds. The number of benzene rings is 3. The number of likely N-dealkylation sites (tertiary alicyclic amines) is 1. The molecule has 3 aromatic rings. The maximum Gasteiger partial charge on any atom is 0.137 e. The molecule has 5 heteroatoms. The predicted molar refractivity (Wildman–Crippen MR) is 129 cm³/mol. The van der Waals surface area contributed by atoms with Crippen LogP contribution >= 0.6 is 0 Å². The fraction of sp³-hybridized carbons (Fsp3) is 0.321. The molecule has 2 unspecified atom stereocenters. The van der Waals surface area contributed by atoms with E-state index in [0.29, 0.717) is 6.54 Å². The lowest BCUT2D eigenvalue weighted by Gasteiger charge is -2.35. The van der Waals surface area contributed by atoms with Crippen molar-refractivity contribution in [2.24, 2.45) is 0 Å². The summed E-state index contributed by atoms with van der Waals surface area (Å²) in [5.41, 5.74) is 2.10. The van der Waals surface area contributed by atoms with Gasteiger partial charge in [0.2, 0.25) is 0 Å². The van der Waals surface area contributed by atoms with Gasteiger partial charge in [-0.15, -0.1) is 0 Å². The van der Waals surface area contributed by atoms with Crippen LogP contribution in [0.4, 0.5) is 0 Å². The summed E-state index contributed by atoms with van der Waals surface area (Å²) >= 11 is 0. The van der Waals surface area contributed by atoms with Gasteiger partial charge in [0, 0.05) is 12.6 Å².